The SMILES string of the molecule is Cc1cc(Nc2ccc3[nH]c(-c4ccc(Nc5ccnc6ccccc56)cc4)nc3c2)[n+]([O-])c(N)n1. The lowest BCUT2D eigenvalue weighted by atomic mass is 10.1. The number of para-hydroxylation sites is 1. The number of anilines is 5. The molecule has 0 bridgehead atoms. The lowest BCUT2D eigenvalue weighted by molar-refractivity contribution is -0.577. The summed E-state index contributed by atoms with van der Waals surface area (Å²) in [6.45, 7) is 1.78. The van der Waals surface area contributed by atoms with E-state index < -0.39 is 0 Å². The standard InChI is InChI=1S/C27H22N8O/c1-16-14-25(35(36)27(28)30-16)32-19-10-11-23-24(15-19)34-26(33-23)17-6-8-18(9-7-17)31-22-12-13-29-21-5-3-2-4-20(21)22/h2-15,32H,1H3,(H2,28,30)(H,29,31)(H,33,34). The number of hydrogen-bond donors (Lipinski definition) is 4. The van der Waals surface area contributed by atoms with E-state index in [1.54, 1.807) is 19.2 Å². The molecule has 0 aliphatic rings. The van der Waals surface area contributed by atoms with Crippen molar-refractivity contribution < 1.29 is 4.73 Å². The number of nitrogen functional groups attached to an aromatic ring is 1. The zero-order valence-corrected chi connectivity index (χ0v) is 19.4. The van der Waals surface area contributed by atoms with Gasteiger partial charge in [0.15, 0.2) is 0 Å². The molecule has 3 heterocycles. The summed E-state index contributed by atoms with van der Waals surface area (Å²) in [7, 11) is 0. The monoisotopic (exact) mass is 474 g/mol. The highest BCUT2D eigenvalue weighted by molar-refractivity contribution is 5.92. The fourth-order valence-corrected chi connectivity index (χ4v) is 4.17. The van der Waals surface area contributed by atoms with Gasteiger partial charge in [0.25, 0.3) is 0 Å². The molecule has 36 heavy (non-hydrogen) atoms. The second-order valence-corrected chi connectivity index (χ2v) is 8.46. The number of H-pyrrole nitrogens is 1. The minimum Gasteiger partial charge on any atom is -0.754 e. The van der Waals surface area contributed by atoms with Crippen LogP contribution in [0.4, 0.5) is 28.8 Å². The van der Waals surface area contributed by atoms with Gasteiger partial charge in [0.1, 0.15) is 11.5 Å². The lowest BCUT2D eigenvalue weighted by Gasteiger charge is -2.13. The number of aromatic nitrogens is 5. The van der Waals surface area contributed by atoms with Gasteiger partial charge in [-0.25, -0.2) is 9.71 Å². The predicted molar refractivity (Wildman–Crippen MR) is 142 cm³/mol. The Kier molecular flexibility index (Phi) is 5.07. The molecule has 0 saturated heterocycles. The molecule has 0 atom stereocenters. The van der Waals surface area contributed by atoms with Crippen molar-refractivity contribution >= 4 is 50.8 Å². The van der Waals surface area contributed by atoms with Crippen LogP contribution in [-0.2, 0) is 0 Å². The molecule has 9 nitrogen and oxygen atoms in total. The van der Waals surface area contributed by atoms with E-state index in [-0.39, 0.29) is 5.95 Å². The fourth-order valence-electron chi connectivity index (χ4n) is 4.17. The van der Waals surface area contributed by atoms with Crippen molar-refractivity contribution in [3.05, 3.63) is 96.0 Å². The Morgan fingerprint density at radius 1 is 0.861 bits per heavy atom. The number of aryl methyl sites for hydroxylation is 1. The van der Waals surface area contributed by atoms with Crippen LogP contribution in [0.3, 0.4) is 0 Å². The summed E-state index contributed by atoms with van der Waals surface area (Å²) in [5.74, 6) is 0.960. The summed E-state index contributed by atoms with van der Waals surface area (Å²) in [5.41, 5.74) is 12.6. The summed E-state index contributed by atoms with van der Waals surface area (Å²) >= 11 is 0. The van der Waals surface area contributed by atoms with E-state index >= 15 is 0 Å². The number of benzene rings is 3. The third-order valence-electron chi connectivity index (χ3n) is 5.91. The Morgan fingerprint density at radius 2 is 1.67 bits per heavy atom. The van der Waals surface area contributed by atoms with Gasteiger partial charge in [-0.2, -0.15) is 0 Å². The largest absolute Gasteiger partial charge is 0.754 e. The number of rotatable bonds is 5. The molecule has 0 amide bonds. The Balaban J connectivity index is 1.24. The third kappa shape index (κ3) is 3.98. The number of imidazole rings is 1. The Bertz CT molecular complexity index is 1720. The molecule has 6 rings (SSSR count). The van der Waals surface area contributed by atoms with E-state index in [1.807, 2.05) is 66.7 Å². The van der Waals surface area contributed by atoms with Crippen LogP contribution >= 0.6 is 0 Å². The maximum atomic E-state index is 12.2. The van der Waals surface area contributed by atoms with Crippen molar-refractivity contribution in [2.24, 2.45) is 0 Å². The highest BCUT2D eigenvalue weighted by Gasteiger charge is 2.11. The molecule has 0 aliphatic heterocycles. The quantitative estimate of drug-likeness (QED) is 0.200. The van der Waals surface area contributed by atoms with Gasteiger partial charge in [0, 0.05) is 40.7 Å². The molecule has 0 saturated carbocycles. The second kappa shape index (κ2) is 8.55. The number of nitrogens with two attached hydrogens (primary N) is 1. The second-order valence-electron chi connectivity index (χ2n) is 8.46. The molecule has 0 fully saturated rings. The average molecular weight is 475 g/mol. The number of nitrogens with zero attached hydrogens (tertiary/aromatic N) is 4. The first-order valence-electron chi connectivity index (χ1n) is 11.4. The molecule has 9 heteroatoms. The molecule has 3 aromatic carbocycles. The van der Waals surface area contributed by atoms with Crippen molar-refractivity contribution in [2.45, 2.75) is 6.92 Å². The molecule has 176 valence electrons. The summed E-state index contributed by atoms with van der Waals surface area (Å²) in [5, 5.41) is 19.9. The molecule has 3 aromatic heterocycles. The zero-order valence-electron chi connectivity index (χ0n) is 19.4. The third-order valence-corrected chi connectivity index (χ3v) is 5.91. The van der Waals surface area contributed by atoms with Crippen molar-refractivity contribution in [1.82, 2.24) is 19.9 Å². The van der Waals surface area contributed by atoms with Crippen molar-refractivity contribution in [3.63, 3.8) is 0 Å². The van der Waals surface area contributed by atoms with Crippen LogP contribution in [0.2, 0.25) is 0 Å². The van der Waals surface area contributed by atoms with Crippen molar-refractivity contribution in [1.29, 1.82) is 0 Å². The topological polar surface area (TPSA) is 131 Å². The van der Waals surface area contributed by atoms with E-state index in [9.17, 15) is 5.21 Å². The van der Waals surface area contributed by atoms with Gasteiger partial charge in [-0.1, -0.05) is 18.2 Å². The van der Waals surface area contributed by atoms with Crippen LogP contribution in [0.1, 0.15) is 5.69 Å². The maximum absolute atomic E-state index is 12.2. The lowest BCUT2D eigenvalue weighted by Crippen LogP contribution is -2.35. The van der Waals surface area contributed by atoms with Crippen LogP contribution < -0.4 is 21.1 Å². The van der Waals surface area contributed by atoms with Gasteiger partial charge >= 0.3 is 5.95 Å². The van der Waals surface area contributed by atoms with Crippen LogP contribution in [0.5, 0.6) is 0 Å². The van der Waals surface area contributed by atoms with Crippen LogP contribution in [0.15, 0.2) is 85.1 Å². The summed E-state index contributed by atoms with van der Waals surface area (Å²) in [6, 6.07) is 25.4. The van der Waals surface area contributed by atoms with Crippen molar-refractivity contribution in [2.75, 3.05) is 16.4 Å². The first-order chi connectivity index (χ1) is 17.5. The van der Waals surface area contributed by atoms with E-state index in [0.717, 1.165) is 50.4 Å². The van der Waals surface area contributed by atoms with Gasteiger partial charge in [-0.15, -0.1) is 4.98 Å². The number of aromatic amines is 1. The van der Waals surface area contributed by atoms with E-state index in [0.29, 0.717) is 16.2 Å². The van der Waals surface area contributed by atoms with E-state index in [2.05, 4.69) is 31.7 Å². The van der Waals surface area contributed by atoms with Crippen LogP contribution in [-0.4, -0.2) is 19.9 Å². The molecular formula is C27H22N8O. The fraction of sp³-hybridized carbons (Fsp3) is 0.0370. The van der Waals surface area contributed by atoms with Crippen molar-refractivity contribution in [3.8, 4) is 11.4 Å². The van der Waals surface area contributed by atoms with Crippen LogP contribution in [0, 0.1) is 12.1 Å². The first kappa shape index (κ1) is 21.4. The van der Waals surface area contributed by atoms with E-state index in [1.165, 1.54) is 0 Å². The maximum Gasteiger partial charge on any atom is 0.344 e. The molecule has 0 spiro atoms. The number of fused-ring (bicyclic) bond motifs is 2. The van der Waals surface area contributed by atoms with Gasteiger partial charge in [-0.3, -0.25) is 10.3 Å². The highest BCUT2D eigenvalue weighted by Crippen LogP contribution is 2.28. The molecular weight excluding hydrogens is 452 g/mol. The Hall–Kier alpha value is -5.18. The van der Waals surface area contributed by atoms with E-state index in [4.69, 9.17) is 10.7 Å². The van der Waals surface area contributed by atoms with Gasteiger partial charge in [0.2, 0.25) is 5.82 Å². The molecule has 0 radical (unpaired) electrons. The minimum atomic E-state index is -0.101. The number of nitrogens with one attached hydrogen (secondary N) is 3. The normalized spacial score (nSPS) is 11.1. The summed E-state index contributed by atoms with van der Waals surface area (Å²) in [6.07, 6.45) is 1.80. The number of pyridine rings is 1. The van der Waals surface area contributed by atoms with Gasteiger partial charge in [-0.05, 0) is 55.5 Å². The zero-order chi connectivity index (χ0) is 24.6. The molecule has 0 aliphatic carbocycles. The average Bonchev–Trinajstić information content (AvgIpc) is 3.31. The summed E-state index contributed by atoms with van der Waals surface area (Å²) < 4.78 is 0.567. The molecule has 6 aromatic rings. The Labute approximate surface area is 206 Å². The minimum absolute atomic E-state index is 0.101. The highest BCUT2D eigenvalue weighted by atomic mass is 16.5. The first-order valence-corrected chi connectivity index (χ1v) is 11.4. The van der Waals surface area contributed by atoms with Gasteiger partial charge in [0.05, 0.1) is 22.2 Å². The van der Waals surface area contributed by atoms with Crippen LogP contribution in [0.25, 0.3) is 33.3 Å². The summed E-state index contributed by atoms with van der Waals surface area (Å²) in [4.78, 5) is 16.5. The molecule has 5 N–H and O–H groups in total. The smallest absolute Gasteiger partial charge is 0.344 e. The number of hydrogen-bond acceptors (Lipinski definition) is 7. The Morgan fingerprint density at radius 3 is 2.53 bits per heavy atom. The molecule has 0 unspecified atom stereocenters. The van der Waals surface area contributed by atoms with Gasteiger partial charge < -0.3 is 21.2 Å². The predicted octanol–water partition coefficient (Wildman–Crippen LogP) is 5.18.